The number of aliphatic hydroxyl groups is 1. The monoisotopic (exact) mass is 424 g/mol. The lowest BCUT2D eigenvalue weighted by Gasteiger charge is -2.26. The maximum Gasteiger partial charge on any atom is 0.334 e. The van der Waals surface area contributed by atoms with Crippen molar-refractivity contribution in [2.24, 2.45) is 5.41 Å². The molecule has 0 spiro atoms. The molecule has 1 aliphatic rings. The minimum Gasteiger partial charge on any atom is -0.461 e. The Kier molecular flexibility index (Phi) is 12.3. The number of carbonyl (C=O) groups is 2. The molecule has 1 saturated heterocycles. The van der Waals surface area contributed by atoms with Crippen molar-refractivity contribution in [1.82, 2.24) is 0 Å². The van der Waals surface area contributed by atoms with Gasteiger partial charge in [-0.3, -0.25) is 4.79 Å². The van der Waals surface area contributed by atoms with Crippen molar-refractivity contribution in [3.63, 3.8) is 0 Å². The Bertz CT molecular complexity index is 546. The molecule has 1 N–H and O–H groups in total. The predicted molar refractivity (Wildman–Crippen MR) is 120 cm³/mol. The summed E-state index contributed by atoms with van der Waals surface area (Å²) >= 11 is 0. The lowest BCUT2D eigenvalue weighted by molar-refractivity contribution is -0.171. The van der Waals surface area contributed by atoms with Crippen LogP contribution in [0, 0.1) is 5.41 Å². The lowest BCUT2D eigenvalue weighted by atomic mass is 9.96. The van der Waals surface area contributed by atoms with Crippen LogP contribution in [0.15, 0.2) is 11.6 Å². The highest BCUT2D eigenvalue weighted by Crippen LogP contribution is 2.32. The van der Waals surface area contributed by atoms with E-state index in [2.05, 4.69) is 6.92 Å². The van der Waals surface area contributed by atoms with E-state index in [1.54, 1.807) is 20.8 Å². The second-order valence-electron chi connectivity index (χ2n) is 9.79. The van der Waals surface area contributed by atoms with Crippen molar-refractivity contribution in [3.8, 4) is 0 Å². The number of unbranched alkanes of at least 4 members (excludes halogenated alkanes) is 11. The van der Waals surface area contributed by atoms with Crippen LogP contribution in [-0.2, 0) is 19.1 Å². The van der Waals surface area contributed by atoms with Gasteiger partial charge < -0.3 is 14.6 Å². The molecule has 174 valence electrons. The first-order chi connectivity index (χ1) is 14.2. The highest BCUT2D eigenvalue weighted by Gasteiger charge is 2.45. The van der Waals surface area contributed by atoms with E-state index in [0.29, 0.717) is 5.57 Å². The molecule has 0 aromatic heterocycles. The van der Waals surface area contributed by atoms with Gasteiger partial charge in [0.1, 0.15) is 6.61 Å². The number of hydrogen-bond acceptors (Lipinski definition) is 5. The van der Waals surface area contributed by atoms with Gasteiger partial charge in [0.05, 0.1) is 12.0 Å². The minimum absolute atomic E-state index is 0.110. The van der Waals surface area contributed by atoms with E-state index >= 15 is 0 Å². The number of carbonyl (C=O) groups excluding carboxylic acids is 2. The van der Waals surface area contributed by atoms with Crippen LogP contribution < -0.4 is 0 Å². The minimum atomic E-state index is -1.14. The number of aliphatic hydroxyl groups excluding tert-OH is 1. The van der Waals surface area contributed by atoms with Crippen molar-refractivity contribution in [3.05, 3.63) is 11.6 Å². The van der Waals surface area contributed by atoms with Crippen molar-refractivity contribution in [2.75, 3.05) is 13.2 Å². The van der Waals surface area contributed by atoms with Crippen LogP contribution in [0.4, 0.5) is 0 Å². The molecule has 1 aliphatic heterocycles. The molecule has 30 heavy (non-hydrogen) atoms. The first-order valence-electron chi connectivity index (χ1n) is 11.9. The van der Waals surface area contributed by atoms with E-state index in [1.165, 1.54) is 64.2 Å². The normalized spacial score (nSPS) is 20.6. The Morgan fingerprint density at radius 1 is 1.03 bits per heavy atom. The van der Waals surface area contributed by atoms with Crippen LogP contribution >= 0.6 is 0 Å². The molecule has 0 amide bonds. The lowest BCUT2D eigenvalue weighted by Crippen LogP contribution is -2.40. The zero-order valence-electron chi connectivity index (χ0n) is 19.8. The first kappa shape index (κ1) is 26.7. The van der Waals surface area contributed by atoms with Crippen molar-refractivity contribution < 1.29 is 24.2 Å². The molecule has 5 nitrogen and oxygen atoms in total. The summed E-state index contributed by atoms with van der Waals surface area (Å²) in [6.45, 7) is 7.08. The molecule has 0 radical (unpaired) electrons. The van der Waals surface area contributed by atoms with E-state index < -0.39 is 17.0 Å². The molecule has 1 fully saturated rings. The quantitative estimate of drug-likeness (QED) is 0.202. The highest BCUT2D eigenvalue weighted by molar-refractivity contribution is 5.91. The molecule has 1 unspecified atom stereocenters. The largest absolute Gasteiger partial charge is 0.461 e. The number of hydrogen-bond donors (Lipinski definition) is 1. The fourth-order valence-electron chi connectivity index (χ4n) is 3.59. The molecule has 0 bridgehead atoms. The summed E-state index contributed by atoms with van der Waals surface area (Å²) in [5.74, 6) is -0.774. The van der Waals surface area contributed by atoms with Crippen LogP contribution in [0.1, 0.15) is 111 Å². The molecule has 0 aromatic rings. The van der Waals surface area contributed by atoms with Gasteiger partial charge in [-0.25, -0.2) is 4.79 Å². The van der Waals surface area contributed by atoms with Gasteiger partial charge in [-0.05, 0) is 33.6 Å². The molecule has 5 heteroatoms. The third-order valence-corrected chi connectivity index (χ3v) is 5.65. The van der Waals surface area contributed by atoms with Gasteiger partial charge in [0, 0.05) is 12.0 Å². The maximum atomic E-state index is 12.2. The van der Waals surface area contributed by atoms with Crippen LogP contribution in [0.2, 0.25) is 0 Å². The number of esters is 2. The molecule has 0 saturated carbocycles. The summed E-state index contributed by atoms with van der Waals surface area (Å²) in [5.41, 5.74) is -1.18. The average Bonchev–Trinajstić information content (AvgIpc) is 3.02. The van der Waals surface area contributed by atoms with Crippen molar-refractivity contribution in [1.29, 1.82) is 0 Å². The van der Waals surface area contributed by atoms with Crippen molar-refractivity contribution >= 4 is 11.9 Å². The van der Waals surface area contributed by atoms with E-state index in [-0.39, 0.29) is 25.6 Å². The molecular weight excluding hydrogens is 380 g/mol. The Balaban J connectivity index is 2.23. The predicted octanol–water partition coefficient (Wildman–Crippen LogP) is 5.88. The second-order valence-corrected chi connectivity index (χ2v) is 9.79. The van der Waals surface area contributed by atoms with E-state index in [0.717, 1.165) is 12.8 Å². The topological polar surface area (TPSA) is 72.8 Å². The van der Waals surface area contributed by atoms with E-state index in [4.69, 9.17) is 9.47 Å². The summed E-state index contributed by atoms with van der Waals surface area (Å²) in [6, 6.07) is 0. The standard InChI is InChI=1S/C25H44O5/c1-5-6-7-8-9-10-11-12-13-14-15-16-17-21-18-25(19-26,30-22(21)27)20-29-23(28)24(2,3)4/h17,26H,5-16,18-20H2,1-4H3/b21-17-. The zero-order valence-corrected chi connectivity index (χ0v) is 19.8. The molecule has 1 rings (SSSR count). The molecule has 0 aliphatic carbocycles. The third kappa shape index (κ3) is 10.1. The van der Waals surface area contributed by atoms with Gasteiger partial charge in [-0.1, -0.05) is 77.2 Å². The van der Waals surface area contributed by atoms with Gasteiger partial charge in [-0.15, -0.1) is 0 Å². The third-order valence-electron chi connectivity index (χ3n) is 5.65. The van der Waals surface area contributed by atoms with Crippen LogP contribution in [0.25, 0.3) is 0 Å². The van der Waals surface area contributed by atoms with Gasteiger partial charge in [-0.2, -0.15) is 0 Å². The molecule has 1 heterocycles. The summed E-state index contributed by atoms with van der Waals surface area (Å²) in [4.78, 5) is 24.2. The maximum absolute atomic E-state index is 12.2. The summed E-state index contributed by atoms with van der Waals surface area (Å²) in [5, 5.41) is 9.74. The first-order valence-corrected chi connectivity index (χ1v) is 11.9. The fourth-order valence-corrected chi connectivity index (χ4v) is 3.59. The summed E-state index contributed by atoms with van der Waals surface area (Å²) < 4.78 is 10.7. The Morgan fingerprint density at radius 3 is 2.07 bits per heavy atom. The van der Waals surface area contributed by atoms with Gasteiger partial charge >= 0.3 is 11.9 Å². The number of cyclic esters (lactones) is 1. The summed E-state index contributed by atoms with van der Waals surface area (Å²) in [6.07, 6.45) is 17.3. The van der Waals surface area contributed by atoms with Gasteiger partial charge in [0.2, 0.25) is 0 Å². The Labute approximate surface area is 183 Å². The second kappa shape index (κ2) is 13.8. The number of rotatable bonds is 15. The van der Waals surface area contributed by atoms with Crippen LogP contribution in [0.5, 0.6) is 0 Å². The SMILES string of the molecule is CCCCCCCCCCCCC/C=C1/CC(CO)(COC(=O)C(C)(C)C)OC1=O. The molecule has 1 atom stereocenters. The van der Waals surface area contributed by atoms with Gasteiger partial charge in [0.25, 0.3) is 0 Å². The summed E-state index contributed by atoms with van der Waals surface area (Å²) in [7, 11) is 0. The Hall–Kier alpha value is -1.36. The smallest absolute Gasteiger partial charge is 0.334 e. The molecule has 0 aromatic carbocycles. The zero-order chi connectivity index (χ0) is 22.5. The van der Waals surface area contributed by atoms with Crippen molar-refractivity contribution in [2.45, 2.75) is 117 Å². The van der Waals surface area contributed by atoms with Crippen LogP contribution in [0.3, 0.4) is 0 Å². The average molecular weight is 425 g/mol. The Morgan fingerprint density at radius 2 is 1.57 bits per heavy atom. The van der Waals surface area contributed by atoms with Crippen LogP contribution in [-0.4, -0.2) is 35.9 Å². The molecular formula is C25H44O5. The fraction of sp³-hybridized carbons (Fsp3) is 0.840. The number of allylic oxidation sites excluding steroid dienone is 1. The number of ether oxygens (including phenoxy) is 2. The van der Waals surface area contributed by atoms with E-state index in [9.17, 15) is 14.7 Å². The van der Waals surface area contributed by atoms with Gasteiger partial charge in [0.15, 0.2) is 5.60 Å². The van der Waals surface area contributed by atoms with E-state index in [1.807, 2.05) is 6.08 Å². The highest BCUT2D eigenvalue weighted by atomic mass is 16.6.